The average molecular weight is 439 g/mol. The first kappa shape index (κ1) is 20.2. The number of methoxy groups -OCH3 is 1. The van der Waals surface area contributed by atoms with Gasteiger partial charge >= 0.3 is 0 Å². The second-order valence-electron chi connectivity index (χ2n) is 6.94. The van der Waals surface area contributed by atoms with Gasteiger partial charge in [-0.1, -0.05) is 35.4 Å². The third kappa shape index (κ3) is 3.49. The van der Waals surface area contributed by atoms with E-state index in [9.17, 15) is 9.59 Å². The summed E-state index contributed by atoms with van der Waals surface area (Å²) in [5.41, 5.74) is 3.66. The van der Waals surface area contributed by atoms with Gasteiger partial charge in [-0.25, -0.2) is 4.90 Å². The van der Waals surface area contributed by atoms with Crippen LogP contribution in [0.3, 0.4) is 0 Å². The lowest BCUT2D eigenvalue weighted by Gasteiger charge is -2.18. The van der Waals surface area contributed by atoms with E-state index in [1.807, 2.05) is 43.5 Å². The van der Waals surface area contributed by atoms with Gasteiger partial charge < -0.3 is 10.1 Å². The number of hydrogen-bond acceptors (Lipinski definition) is 5. The number of halogens is 1. The van der Waals surface area contributed by atoms with Crippen LogP contribution in [0.4, 0.5) is 11.4 Å². The number of rotatable bonds is 5. The molecule has 0 saturated carbocycles. The lowest BCUT2D eigenvalue weighted by atomic mass is 10.1. The molecule has 5 nitrogen and oxygen atoms in total. The zero-order valence-electron chi connectivity index (χ0n) is 16.7. The van der Waals surface area contributed by atoms with Crippen LogP contribution in [0.1, 0.15) is 16.0 Å². The van der Waals surface area contributed by atoms with Crippen LogP contribution in [-0.4, -0.2) is 18.9 Å². The molecule has 2 heterocycles. The number of carbonyl (C=O) groups excluding carboxylic acids is 2. The Kier molecular flexibility index (Phi) is 5.37. The number of thiophene rings is 1. The molecule has 0 saturated heterocycles. The Morgan fingerprint density at radius 3 is 2.47 bits per heavy atom. The fourth-order valence-electron chi connectivity index (χ4n) is 3.46. The van der Waals surface area contributed by atoms with E-state index in [1.54, 1.807) is 24.3 Å². The van der Waals surface area contributed by atoms with Crippen LogP contribution < -0.4 is 15.0 Å². The van der Waals surface area contributed by atoms with Crippen LogP contribution in [-0.2, 0) is 9.59 Å². The molecule has 2 amide bonds. The quantitative estimate of drug-likeness (QED) is 0.540. The van der Waals surface area contributed by atoms with Gasteiger partial charge in [-0.05, 0) is 55.1 Å². The molecule has 1 N–H and O–H groups in total. The molecule has 7 heteroatoms. The molecule has 4 rings (SSSR count). The summed E-state index contributed by atoms with van der Waals surface area (Å²) in [6, 6.07) is 14.5. The van der Waals surface area contributed by atoms with Gasteiger partial charge in [0.25, 0.3) is 11.8 Å². The van der Waals surface area contributed by atoms with Gasteiger partial charge in [0.2, 0.25) is 0 Å². The monoisotopic (exact) mass is 438 g/mol. The van der Waals surface area contributed by atoms with Gasteiger partial charge in [0.1, 0.15) is 11.4 Å². The molecule has 1 aliphatic heterocycles. The maximum absolute atomic E-state index is 13.4. The second kappa shape index (κ2) is 7.97. The highest BCUT2D eigenvalue weighted by Crippen LogP contribution is 2.37. The molecule has 0 fully saturated rings. The van der Waals surface area contributed by atoms with Crippen molar-refractivity contribution in [3.8, 4) is 5.75 Å². The van der Waals surface area contributed by atoms with Gasteiger partial charge in [0.15, 0.2) is 0 Å². The van der Waals surface area contributed by atoms with E-state index in [0.717, 1.165) is 16.0 Å². The van der Waals surface area contributed by atoms with E-state index in [2.05, 4.69) is 5.32 Å². The van der Waals surface area contributed by atoms with Crippen molar-refractivity contribution in [2.45, 2.75) is 13.8 Å². The van der Waals surface area contributed by atoms with Crippen LogP contribution >= 0.6 is 22.9 Å². The van der Waals surface area contributed by atoms with Gasteiger partial charge in [-0.3, -0.25) is 9.59 Å². The largest absolute Gasteiger partial charge is 0.495 e. The number of nitrogens with one attached hydrogen (secondary N) is 1. The summed E-state index contributed by atoms with van der Waals surface area (Å²) in [7, 11) is 1.53. The lowest BCUT2D eigenvalue weighted by molar-refractivity contribution is -0.120. The van der Waals surface area contributed by atoms with E-state index in [1.165, 1.54) is 23.3 Å². The predicted molar refractivity (Wildman–Crippen MR) is 121 cm³/mol. The first-order valence-electron chi connectivity index (χ1n) is 9.25. The highest BCUT2D eigenvalue weighted by Gasteiger charge is 2.41. The van der Waals surface area contributed by atoms with Crippen LogP contribution in [0.5, 0.6) is 5.75 Å². The van der Waals surface area contributed by atoms with Crippen molar-refractivity contribution >= 4 is 51.7 Å². The Bertz CT molecular complexity index is 1190. The smallest absolute Gasteiger partial charge is 0.282 e. The van der Waals surface area contributed by atoms with Crippen LogP contribution in [0, 0.1) is 13.8 Å². The molecule has 0 bridgehead atoms. The Morgan fingerprint density at radius 1 is 1.03 bits per heavy atom. The lowest BCUT2D eigenvalue weighted by Crippen LogP contribution is -2.33. The number of ether oxygens (including phenoxy) is 1. The fourth-order valence-corrected chi connectivity index (χ4v) is 4.48. The van der Waals surface area contributed by atoms with Crippen LogP contribution in [0.2, 0.25) is 5.02 Å². The summed E-state index contributed by atoms with van der Waals surface area (Å²) in [4.78, 5) is 28.7. The molecule has 1 aromatic heterocycles. The Hall–Kier alpha value is -3.09. The van der Waals surface area contributed by atoms with E-state index < -0.39 is 5.91 Å². The molecule has 0 radical (unpaired) electrons. The van der Waals surface area contributed by atoms with Crippen molar-refractivity contribution in [2.24, 2.45) is 0 Å². The Morgan fingerprint density at radius 2 is 1.83 bits per heavy atom. The van der Waals surface area contributed by atoms with Crippen LogP contribution in [0.25, 0.3) is 5.57 Å². The van der Waals surface area contributed by atoms with E-state index in [4.69, 9.17) is 16.3 Å². The molecule has 3 aromatic rings. The summed E-state index contributed by atoms with van der Waals surface area (Å²) in [6.45, 7) is 3.86. The van der Waals surface area contributed by atoms with E-state index in [0.29, 0.717) is 27.7 Å². The number of nitrogens with zero attached hydrogens (tertiary/aromatic N) is 1. The van der Waals surface area contributed by atoms with Crippen molar-refractivity contribution in [3.63, 3.8) is 0 Å². The standard InChI is InChI=1S/C23H19ClN2O3S/c1-13-6-8-17(14(2)11-13)26-22(27)20(19-5-4-10-30-19)21(23(26)28)25-15-7-9-18(29-3)16(24)12-15/h4-12,25H,1-3H3. The summed E-state index contributed by atoms with van der Waals surface area (Å²) in [6.07, 6.45) is 0. The van der Waals surface area contributed by atoms with Gasteiger partial charge in [0.05, 0.1) is 23.4 Å². The summed E-state index contributed by atoms with van der Waals surface area (Å²) < 4.78 is 5.19. The fraction of sp³-hybridized carbons (Fsp3) is 0.130. The van der Waals surface area contributed by atoms with Crippen molar-refractivity contribution in [1.29, 1.82) is 0 Å². The van der Waals surface area contributed by atoms with Crippen molar-refractivity contribution in [3.05, 3.63) is 80.6 Å². The first-order valence-corrected chi connectivity index (χ1v) is 10.5. The maximum Gasteiger partial charge on any atom is 0.282 e. The third-order valence-corrected chi connectivity index (χ3v) is 6.05. The molecule has 1 aliphatic rings. The first-order chi connectivity index (χ1) is 14.4. The molecule has 152 valence electrons. The third-order valence-electron chi connectivity index (χ3n) is 4.87. The minimum Gasteiger partial charge on any atom is -0.495 e. The molecule has 2 aromatic carbocycles. The highest BCUT2D eigenvalue weighted by atomic mass is 35.5. The predicted octanol–water partition coefficient (Wildman–Crippen LogP) is 5.42. The summed E-state index contributed by atoms with van der Waals surface area (Å²) >= 11 is 7.64. The number of aryl methyl sites for hydroxylation is 2. The molecule has 0 unspecified atom stereocenters. The van der Waals surface area contributed by atoms with Gasteiger partial charge in [-0.15, -0.1) is 11.3 Å². The number of amides is 2. The zero-order chi connectivity index (χ0) is 21.4. The molecule has 30 heavy (non-hydrogen) atoms. The maximum atomic E-state index is 13.4. The van der Waals surface area contributed by atoms with Crippen LogP contribution in [0.15, 0.2) is 59.6 Å². The Balaban J connectivity index is 1.79. The van der Waals surface area contributed by atoms with Crippen molar-refractivity contribution in [2.75, 3.05) is 17.3 Å². The second-order valence-corrected chi connectivity index (χ2v) is 8.29. The summed E-state index contributed by atoms with van der Waals surface area (Å²) in [5.74, 6) is -0.223. The zero-order valence-corrected chi connectivity index (χ0v) is 18.2. The number of hydrogen-bond donors (Lipinski definition) is 1. The highest BCUT2D eigenvalue weighted by molar-refractivity contribution is 7.11. The van der Waals surface area contributed by atoms with Gasteiger partial charge in [-0.2, -0.15) is 0 Å². The molecular formula is C23H19ClN2O3S. The normalized spacial score (nSPS) is 13.9. The topological polar surface area (TPSA) is 58.6 Å². The van der Waals surface area contributed by atoms with Gasteiger partial charge in [0, 0.05) is 10.6 Å². The molecule has 0 spiro atoms. The minimum absolute atomic E-state index is 0.226. The molecule has 0 atom stereocenters. The van der Waals surface area contributed by atoms with E-state index >= 15 is 0 Å². The van der Waals surface area contributed by atoms with Crippen molar-refractivity contribution in [1.82, 2.24) is 0 Å². The number of anilines is 2. The SMILES string of the molecule is COc1ccc(NC2=C(c3cccs3)C(=O)N(c3ccc(C)cc3C)C2=O)cc1Cl. The van der Waals surface area contributed by atoms with E-state index in [-0.39, 0.29) is 11.6 Å². The van der Waals surface area contributed by atoms with Crippen molar-refractivity contribution < 1.29 is 14.3 Å². The number of carbonyl (C=O) groups is 2. The molecular weight excluding hydrogens is 420 g/mol. The molecule has 0 aliphatic carbocycles. The number of benzene rings is 2. The summed E-state index contributed by atoms with van der Waals surface area (Å²) in [5, 5.41) is 5.40. The minimum atomic E-state index is -0.401. The Labute approximate surface area is 183 Å². The number of imide groups is 1. The average Bonchev–Trinajstić information content (AvgIpc) is 3.30.